The Labute approximate surface area is 172 Å². The van der Waals surface area contributed by atoms with Crippen LogP contribution in [0.3, 0.4) is 0 Å². The van der Waals surface area contributed by atoms with Gasteiger partial charge in [-0.3, -0.25) is 4.79 Å². The van der Waals surface area contributed by atoms with Gasteiger partial charge in [0.2, 0.25) is 5.88 Å². The van der Waals surface area contributed by atoms with Gasteiger partial charge in [-0.2, -0.15) is 0 Å². The van der Waals surface area contributed by atoms with Crippen LogP contribution in [0.15, 0.2) is 48.5 Å². The number of hydrogen-bond donors (Lipinski definition) is 2. The molecule has 150 valence electrons. The quantitative estimate of drug-likeness (QED) is 0.523. The Hall–Kier alpha value is -3.67. The second-order valence-electron chi connectivity index (χ2n) is 7.32. The summed E-state index contributed by atoms with van der Waals surface area (Å²) in [4.78, 5) is 20.7. The van der Waals surface area contributed by atoms with Crippen LogP contribution < -0.4 is 10.5 Å². The minimum atomic E-state index is -0.615. The largest absolute Gasteiger partial charge is 0.477 e. The molecule has 2 heterocycles. The second kappa shape index (κ2) is 6.99. The van der Waals surface area contributed by atoms with Gasteiger partial charge >= 0.3 is 0 Å². The summed E-state index contributed by atoms with van der Waals surface area (Å²) in [5.41, 5.74) is 12.2. The minimum Gasteiger partial charge on any atom is -0.477 e. The van der Waals surface area contributed by atoms with Crippen molar-refractivity contribution in [3.63, 3.8) is 0 Å². The smallest absolute Gasteiger partial charge is 0.254 e. The van der Waals surface area contributed by atoms with E-state index in [1.807, 2.05) is 25.1 Å². The van der Waals surface area contributed by atoms with E-state index in [2.05, 4.69) is 11.1 Å². The summed E-state index contributed by atoms with van der Waals surface area (Å²) in [5, 5.41) is 1.17. The van der Waals surface area contributed by atoms with Gasteiger partial charge in [0.05, 0.1) is 18.0 Å². The van der Waals surface area contributed by atoms with Crippen molar-refractivity contribution >= 4 is 16.8 Å². The third kappa shape index (κ3) is 2.76. The normalized spacial score (nSPS) is 12.5. The van der Waals surface area contributed by atoms with E-state index in [4.69, 9.17) is 15.5 Å². The van der Waals surface area contributed by atoms with Crippen molar-refractivity contribution in [2.24, 2.45) is 5.73 Å². The summed E-state index contributed by atoms with van der Waals surface area (Å²) < 4.78 is 19.3. The van der Waals surface area contributed by atoms with Crippen LogP contribution in [0, 0.1) is 5.82 Å². The number of amides is 1. The van der Waals surface area contributed by atoms with Crippen LogP contribution >= 0.6 is 0 Å². The zero-order valence-corrected chi connectivity index (χ0v) is 16.5. The lowest BCUT2D eigenvalue weighted by Crippen LogP contribution is -2.19. The average Bonchev–Trinajstić information content (AvgIpc) is 3.13. The molecular formula is C24H20FN3O2. The number of para-hydroxylation sites is 1. The number of halogens is 1. The molecule has 0 radical (unpaired) electrons. The maximum atomic E-state index is 13.6. The predicted molar refractivity (Wildman–Crippen MR) is 114 cm³/mol. The molecule has 2 aromatic carbocycles. The SMILES string of the molecule is CCOc1nc2c(c(-c3ccc(F)cc3)c1C(N)=O)CCc1c-2[nH]c2ccccc12. The summed E-state index contributed by atoms with van der Waals surface area (Å²) in [6, 6.07) is 14.2. The standard InChI is InChI=1S/C24H20FN3O2/c1-2-30-24-20(23(26)29)19(13-7-9-14(25)10-8-13)17-12-11-16-15-5-3-4-6-18(15)27-21(16)22(17)28-24/h3-10,27H,2,11-12H2,1H3,(H2,26,29). The highest BCUT2D eigenvalue weighted by Crippen LogP contribution is 2.44. The van der Waals surface area contributed by atoms with E-state index in [9.17, 15) is 9.18 Å². The molecule has 0 saturated heterocycles. The number of ether oxygens (including phenoxy) is 1. The first-order valence-electron chi connectivity index (χ1n) is 9.93. The topological polar surface area (TPSA) is 81.0 Å². The number of carbonyl (C=O) groups excluding carboxylic acids is 1. The Kier molecular flexibility index (Phi) is 4.28. The van der Waals surface area contributed by atoms with E-state index in [0.717, 1.165) is 28.9 Å². The number of pyridine rings is 1. The second-order valence-corrected chi connectivity index (χ2v) is 7.32. The van der Waals surface area contributed by atoms with Gasteiger partial charge in [0.1, 0.15) is 11.4 Å². The Balaban J connectivity index is 1.86. The minimum absolute atomic E-state index is 0.203. The fraction of sp³-hybridized carbons (Fsp3) is 0.167. The Morgan fingerprint density at radius 1 is 1.13 bits per heavy atom. The number of rotatable bonds is 4. The zero-order valence-electron chi connectivity index (χ0n) is 16.5. The Morgan fingerprint density at radius 3 is 2.60 bits per heavy atom. The summed E-state index contributed by atoms with van der Waals surface area (Å²) in [6.07, 6.45) is 1.49. The van der Waals surface area contributed by atoms with Crippen LogP contribution in [0.1, 0.15) is 28.4 Å². The molecule has 1 amide bonds. The van der Waals surface area contributed by atoms with E-state index >= 15 is 0 Å². The number of carbonyl (C=O) groups is 1. The third-order valence-corrected chi connectivity index (χ3v) is 5.60. The van der Waals surface area contributed by atoms with Crippen molar-refractivity contribution in [1.29, 1.82) is 0 Å². The molecule has 0 aliphatic heterocycles. The summed E-state index contributed by atoms with van der Waals surface area (Å²) in [7, 11) is 0. The number of aromatic amines is 1. The number of primary amides is 1. The number of aromatic nitrogens is 2. The van der Waals surface area contributed by atoms with E-state index in [1.165, 1.54) is 23.1 Å². The van der Waals surface area contributed by atoms with Crippen LogP contribution in [0.25, 0.3) is 33.4 Å². The molecule has 0 saturated carbocycles. The molecule has 5 nitrogen and oxygen atoms in total. The van der Waals surface area contributed by atoms with E-state index in [-0.39, 0.29) is 17.3 Å². The highest BCUT2D eigenvalue weighted by atomic mass is 19.1. The number of nitrogens with two attached hydrogens (primary N) is 1. The molecule has 0 atom stereocenters. The summed E-state index contributed by atoms with van der Waals surface area (Å²) in [5.74, 6) is -0.754. The van der Waals surface area contributed by atoms with Crippen molar-refractivity contribution in [2.45, 2.75) is 19.8 Å². The molecule has 3 N–H and O–H groups in total. The van der Waals surface area contributed by atoms with Crippen molar-refractivity contribution in [3.05, 3.63) is 71.0 Å². The molecule has 0 unspecified atom stereocenters. The third-order valence-electron chi connectivity index (χ3n) is 5.60. The molecule has 6 heteroatoms. The van der Waals surface area contributed by atoms with E-state index in [0.29, 0.717) is 24.2 Å². The molecule has 1 aliphatic carbocycles. The number of hydrogen-bond acceptors (Lipinski definition) is 3. The van der Waals surface area contributed by atoms with Crippen LogP contribution in [0.5, 0.6) is 5.88 Å². The van der Waals surface area contributed by atoms with Gasteiger partial charge in [0, 0.05) is 16.5 Å². The molecule has 2 aromatic heterocycles. The van der Waals surface area contributed by atoms with Gasteiger partial charge in [-0.25, -0.2) is 9.37 Å². The molecule has 4 aromatic rings. The van der Waals surface area contributed by atoms with Gasteiger partial charge in [0.25, 0.3) is 5.91 Å². The monoisotopic (exact) mass is 401 g/mol. The van der Waals surface area contributed by atoms with Gasteiger partial charge in [-0.05, 0) is 54.7 Å². The molecule has 0 fully saturated rings. The van der Waals surface area contributed by atoms with Crippen molar-refractivity contribution in [2.75, 3.05) is 6.61 Å². The molecule has 5 rings (SSSR count). The fourth-order valence-electron chi connectivity index (χ4n) is 4.37. The average molecular weight is 401 g/mol. The lowest BCUT2D eigenvalue weighted by Gasteiger charge is -2.23. The maximum absolute atomic E-state index is 13.6. The molecule has 0 spiro atoms. The predicted octanol–water partition coefficient (Wildman–Crippen LogP) is 4.63. The zero-order chi connectivity index (χ0) is 20.8. The summed E-state index contributed by atoms with van der Waals surface area (Å²) >= 11 is 0. The van der Waals surface area contributed by atoms with Gasteiger partial charge in [-0.1, -0.05) is 30.3 Å². The first-order chi connectivity index (χ1) is 14.6. The lowest BCUT2D eigenvalue weighted by molar-refractivity contribution is 0.0996. The summed E-state index contributed by atoms with van der Waals surface area (Å²) in [6.45, 7) is 2.17. The lowest BCUT2D eigenvalue weighted by atomic mass is 9.85. The maximum Gasteiger partial charge on any atom is 0.254 e. The highest BCUT2D eigenvalue weighted by molar-refractivity contribution is 6.04. The first kappa shape index (κ1) is 18.4. The Bertz CT molecular complexity index is 1290. The molecule has 30 heavy (non-hydrogen) atoms. The van der Waals surface area contributed by atoms with Crippen LogP contribution in [-0.2, 0) is 12.8 Å². The van der Waals surface area contributed by atoms with E-state index in [1.54, 1.807) is 12.1 Å². The van der Waals surface area contributed by atoms with Crippen LogP contribution in [0.2, 0.25) is 0 Å². The van der Waals surface area contributed by atoms with Crippen molar-refractivity contribution in [3.8, 4) is 28.4 Å². The number of H-pyrrole nitrogens is 1. The number of nitrogens with one attached hydrogen (secondary N) is 1. The number of fused-ring (bicyclic) bond motifs is 5. The van der Waals surface area contributed by atoms with E-state index < -0.39 is 5.91 Å². The molecular weight excluding hydrogens is 381 g/mol. The number of aryl methyl sites for hydroxylation is 1. The van der Waals surface area contributed by atoms with Crippen molar-refractivity contribution in [1.82, 2.24) is 9.97 Å². The van der Waals surface area contributed by atoms with Gasteiger partial charge < -0.3 is 15.5 Å². The molecule has 1 aliphatic rings. The highest BCUT2D eigenvalue weighted by Gasteiger charge is 2.30. The van der Waals surface area contributed by atoms with Crippen molar-refractivity contribution < 1.29 is 13.9 Å². The molecule has 0 bridgehead atoms. The Morgan fingerprint density at radius 2 is 1.87 bits per heavy atom. The van der Waals surface area contributed by atoms with Gasteiger partial charge in [0.15, 0.2) is 0 Å². The number of nitrogens with zero attached hydrogens (tertiary/aromatic N) is 1. The first-order valence-corrected chi connectivity index (χ1v) is 9.93. The fourth-order valence-corrected chi connectivity index (χ4v) is 4.37. The van der Waals surface area contributed by atoms with Crippen LogP contribution in [0.4, 0.5) is 4.39 Å². The van der Waals surface area contributed by atoms with Gasteiger partial charge in [-0.15, -0.1) is 0 Å². The van der Waals surface area contributed by atoms with Crippen LogP contribution in [-0.4, -0.2) is 22.5 Å². The number of benzene rings is 2.